The minimum atomic E-state index is 0.324. The van der Waals surface area contributed by atoms with Gasteiger partial charge in [-0.05, 0) is 32.4 Å². The van der Waals surface area contributed by atoms with Gasteiger partial charge in [-0.3, -0.25) is 0 Å². The summed E-state index contributed by atoms with van der Waals surface area (Å²) in [5.41, 5.74) is 0. The molecule has 7 heteroatoms. The predicted molar refractivity (Wildman–Crippen MR) is 86.7 cm³/mol. The number of thioether (sulfide) groups is 2. The second-order valence-corrected chi connectivity index (χ2v) is 8.01. The Morgan fingerprint density at radius 3 is 2.90 bits per heavy atom. The molecule has 21 heavy (non-hydrogen) atoms. The lowest BCUT2D eigenvalue weighted by molar-refractivity contribution is 0.00859. The first-order valence-electron chi connectivity index (χ1n) is 7.75. The van der Waals surface area contributed by atoms with Gasteiger partial charge in [0.05, 0.1) is 11.4 Å². The lowest BCUT2D eigenvalue weighted by Crippen LogP contribution is -2.32. The van der Waals surface area contributed by atoms with Gasteiger partial charge in [-0.25, -0.2) is 0 Å². The van der Waals surface area contributed by atoms with Crippen LogP contribution in [0.1, 0.15) is 43.2 Å². The van der Waals surface area contributed by atoms with Crippen LogP contribution in [0.25, 0.3) is 0 Å². The van der Waals surface area contributed by atoms with Gasteiger partial charge in [0.2, 0.25) is 0 Å². The van der Waals surface area contributed by atoms with E-state index in [0.717, 1.165) is 38.2 Å². The first-order valence-corrected chi connectivity index (χ1v) is 9.84. The van der Waals surface area contributed by atoms with Crippen molar-refractivity contribution in [2.75, 3.05) is 24.6 Å². The van der Waals surface area contributed by atoms with Gasteiger partial charge in [-0.1, -0.05) is 12.1 Å². The lowest BCUT2D eigenvalue weighted by Gasteiger charge is -2.27. The van der Waals surface area contributed by atoms with E-state index in [1.807, 2.05) is 23.5 Å². The molecule has 2 atom stereocenters. The van der Waals surface area contributed by atoms with Crippen molar-refractivity contribution in [3.63, 3.8) is 0 Å². The van der Waals surface area contributed by atoms with Crippen LogP contribution in [0.5, 0.6) is 0 Å². The summed E-state index contributed by atoms with van der Waals surface area (Å²) >= 11 is 3.98. The molecule has 0 spiro atoms. The summed E-state index contributed by atoms with van der Waals surface area (Å²) in [6.45, 7) is 4.75. The molecule has 3 heterocycles. The van der Waals surface area contributed by atoms with Crippen LogP contribution in [0.15, 0.2) is 4.52 Å². The summed E-state index contributed by atoms with van der Waals surface area (Å²) in [6.07, 6.45) is 3.60. The maximum atomic E-state index is 5.87. The lowest BCUT2D eigenvalue weighted by atomic mass is 10.1. The van der Waals surface area contributed by atoms with Gasteiger partial charge in [-0.15, -0.1) is 11.8 Å². The van der Waals surface area contributed by atoms with E-state index in [9.17, 15) is 0 Å². The normalized spacial score (nSPS) is 27.9. The molecule has 2 aliphatic heterocycles. The fourth-order valence-electron chi connectivity index (χ4n) is 2.74. The molecule has 2 saturated heterocycles. The first-order chi connectivity index (χ1) is 10.4. The highest BCUT2D eigenvalue weighted by atomic mass is 32.2. The standard InChI is InChI=1S/C14H23N3O2S2/c1-2-11-13(21-8-7-20-11)14-16-12(19-17-14)9-18-10-3-5-15-6-4-10/h10-11,13,15H,2-9H2,1H3. The van der Waals surface area contributed by atoms with E-state index in [2.05, 4.69) is 22.4 Å². The Morgan fingerprint density at radius 1 is 1.29 bits per heavy atom. The molecule has 0 aliphatic carbocycles. The number of ether oxygens (including phenoxy) is 1. The van der Waals surface area contributed by atoms with Gasteiger partial charge < -0.3 is 14.6 Å². The van der Waals surface area contributed by atoms with Crippen LogP contribution >= 0.6 is 23.5 Å². The Labute approximate surface area is 134 Å². The van der Waals surface area contributed by atoms with Crippen molar-refractivity contribution in [3.8, 4) is 0 Å². The second-order valence-electron chi connectivity index (χ2n) is 5.42. The zero-order valence-corrected chi connectivity index (χ0v) is 14.0. The van der Waals surface area contributed by atoms with E-state index < -0.39 is 0 Å². The van der Waals surface area contributed by atoms with Crippen molar-refractivity contribution in [2.45, 2.75) is 49.4 Å². The molecule has 3 rings (SSSR count). The Morgan fingerprint density at radius 2 is 2.10 bits per heavy atom. The average Bonchev–Trinajstić information content (AvgIpc) is 3.02. The van der Waals surface area contributed by atoms with Gasteiger partial charge in [0.15, 0.2) is 5.82 Å². The Balaban J connectivity index is 1.55. The third-order valence-corrected chi connectivity index (χ3v) is 7.16. The van der Waals surface area contributed by atoms with Crippen molar-refractivity contribution < 1.29 is 9.26 Å². The fraction of sp³-hybridized carbons (Fsp3) is 0.857. The Hall–Kier alpha value is -0.240. The topological polar surface area (TPSA) is 60.2 Å². The number of aromatic nitrogens is 2. The van der Waals surface area contributed by atoms with Crippen molar-refractivity contribution in [1.82, 2.24) is 15.5 Å². The molecular weight excluding hydrogens is 306 g/mol. The predicted octanol–water partition coefficient (Wildman–Crippen LogP) is 2.64. The van der Waals surface area contributed by atoms with E-state index in [1.165, 1.54) is 11.5 Å². The van der Waals surface area contributed by atoms with Crippen LogP contribution in [0.2, 0.25) is 0 Å². The van der Waals surface area contributed by atoms with E-state index in [0.29, 0.717) is 29.1 Å². The molecule has 0 saturated carbocycles. The zero-order chi connectivity index (χ0) is 14.5. The maximum absolute atomic E-state index is 5.87. The van der Waals surface area contributed by atoms with E-state index >= 15 is 0 Å². The number of hydrogen-bond donors (Lipinski definition) is 1. The number of piperidine rings is 1. The van der Waals surface area contributed by atoms with Gasteiger partial charge in [0.1, 0.15) is 6.61 Å². The molecule has 2 aliphatic rings. The molecule has 2 fully saturated rings. The molecule has 5 nitrogen and oxygen atoms in total. The van der Waals surface area contributed by atoms with Gasteiger partial charge in [0.25, 0.3) is 5.89 Å². The van der Waals surface area contributed by atoms with Gasteiger partial charge in [-0.2, -0.15) is 16.7 Å². The van der Waals surface area contributed by atoms with E-state index in [-0.39, 0.29) is 0 Å². The summed E-state index contributed by atoms with van der Waals surface area (Å²) in [7, 11) is 0. The van der Waals surface area contributed by atoms with E-state index in [4.69, 9.17) is 9.26 Å². The molecule has 0 radical (unpaired) electrons. The summed E-state index contributed by atoms with van der Waals surface area (Å²) in [6, 6.07) is 0. The van der Waals surface area contributed by atoms with Crippen LogP contribution in [0.3, 0.4) is 0 Å². The van der Waals surface area contributed by atoms with Crippen molar-refractivity contribution >= 4 is 23.5 Å². The molecule has 1 aromatic rings. The quantitative estimate of drug-likeness (QED) is 0.891. The highest BCUT2D eigenvalue weighted by Crippen LogP contribution is 2.42. The monoisotopic (exact) mass is 329 g/mol. The van der Waals surface area contributed by atoms with Crippen LogP contribution in [-0.4, -0.2) is 46.1 Å². The third kappa shape index (κ3) is 4.15. The smallest absolute Gasteiger partial charge is 0.252 e. The molecule has 1 aromatic heterocycles. The third-order valence-electron chi connectivity index (χ3n) is 3.92. The fourth-order valence-corrected chi connectivity index (χ4v) is 5.72. The molecule has 2 unspecified atom stereocenters. The largest absolute Gasteiger partial charge is 0.368 e. The van der Waals surface area contributed by atoms with Crippen LogP contribution in [0.4, 0.5) is 0 Å². The number of rotatable bonds is 5. The van der Waals surface area contributed by atoms with Crippen LogP contribution in [-0.2, 0) is 11.3 Å². The van der Waals surface area contributed by atoms with Gasteiger partial charge >= 0.3 is 0 Å². The summed E-state index contributed by atoms with van der Waals surface area (Å²) in [5, 5.41) is 8.49. The maximum Gasteiger partial charge on any atom is 0.252 e. The van der Waals surface area contributed by atoms with E-state index in [1.54, 1.807) is 0 Å². The number of nitrogens with one attached hydrogen (secondary N) is 1. The zero-order valence-electron chi connectivity index (χ0n) is 12.4. The first kappa shape index (κ1) is 15.6. The van der Waals surface area contributed by atoms with Crippen molar-refractivity contribution in [3.05, 3.63) is 11.7 Å². The van der Waals surface area contributed by atoms with Crippen LogP contribution < -0.4 is 5.32 Å². The molecule has 0 bridgehead atoms. The van der Waals surface area contributed by atoms with Crippen LogP contribution in [0, 0.1) is 0 Å². The molecule has 0 amide bonds. The minimum absolute atomic E-state index is 0.324. The molecule has 1 N–H and O–H groups in total. The highest BCUT2D eigenvalue weighted by molar-refractivity contribution is 8.06. The number of hydrogen-bond acceptors (Lipinski definition) is 7. The summed E-state index contributed by atoms with van der Waals surface area (Å²) in [5.74, 6) is 3.86. The van der Waals surface area contributed by atoms with Crippen molar-refractivity contribution in [2.24, 2.45) is 0 Å². The highest BCUT2D eigenvalue weighted by Gasteiger charge is 2.30. The molecule has 0 aromatic carbocycles. The Kier molecular flexibility index (Phi) is 5.85. The van der Waals surface area contributed by atoms with Crippen molar-refractivity contribution in [1.29, 1.82) is 0 Å². The van der Waals surface area contributed by atoms with Gasteiger partial charge in [0, 0.05) is 16.8 Å². The SMILES string of the molecule is CCC1SCCSC1c1noc(COC2CCNCC2)n1. The second kappa shape index (κ2) is 7.85. The minimum Gasteiger partial charge on any atom is -0.368 e. The average molecular weight is 329 g/mol. The summed E-state index contributed by atoms with van der Waals surface area (Å²) < 4.78 is 11.3. The Bertz CT molecular complexity index is 438. The number of nitrogens with zero attached hydrogens (tertiary/aromatic N) is 2. The molecular formula is C14H23N3O2S2. The molecule has 118 valence electrons. The summed E-state index contributed by atoms with van der Waals surface area (Å²) in [4.78, 5) is 4.56.